The Morgan fingerprint density at radius 1 is 1.17 bits per heavy atom. The fraction of sp³-hybridized carbons (Fsp3) is 0.706. The van der Waals surface area contributed by atoms with E-state index in [1.54, 1.807) is 12.4 Å². The van der Waals surface area contributed by atoms with Gasteiger partial charge in [0.25, 0.3) is 0 Å². The molecule has 1 aliphatic heterocycles. The molecule has 1 saturated carbocycles. The first-order chi connectivity index (χ1) is 11.2. The van der Waals surface area contributed by atoms with Gasteiger partial charge in [-0.1, -0.05) is 19.8 Å². The van der Waals surface area contributed by atoms with Crippen LogP contribution in [0.15, 0.2) is 18.5 Å². The van der Waals surface area contributed by atoms with Crippen molar-refractivity contribution in [2.75, 3.05) is 37.6 Å². The van der Waals surface area contributed by atoms with Crippen molar-refractivity contribution in [3.05, 3.63) is 18.5 Å². The minimum Gasteiger partial charge on any atom is -0.352 e. The lowest BCUT2D eigenvalue weighted by Gasteiger charge is -2.35. The van der Waals surface area contributed by atoms with Gasteiger partial charge in [-0.3, -0.25) is 9.69 Å². The van der Waals surface area contributed by atoms with E-state index >= 15 is 0 Å². The Labute approximate surface area is 138 Å². The Balaban J connectivity index is 1.42. The van der Waals surface area contributed by atoms with Crippen LogP contribution in [0.2, 0.25) is 0 Å². The highest BCUT2D eigenvalue weighted by atomic mass is 16.2. The summed E-state index contributed by atoms with van der Waals surface area (Å²) in [5.74, 6) is 1.57. The van der Waals surface area contributed by atoms with Crippen molar-refractivity contribution in [1.29, 1.82) is 0 Å². The van der Waals surface area contributed by atoms with Gasteiger partial charge in [-0.05, 0) is 24.8 Å². The molecule has 6 heteroatoms. The van der Waals surface area contributed by atoms with Crippen LogP contribution in [0.1, 0.15) is 32.6 Å². The molecule has 2 atom stereocenters. The van der Waals surface area contributed by atoms with E-state index in [4.69, 9.17) is 0 Å². The number of carbonyl (C=O) groups is 1. The summed E-state index contributed by atoms with van der Waals surface area (Å²) in [7, 11) is 0. The van der Waals surface area contributed by atoms with Gasteiger partial charge in [0, 0.05) is 44.6 Å². The molecule has 126 valence electrons. The zero-order valence-electron chi connectivity index (χ0n) is 13.9. The van der Waals surface area contributed by atoms with Gasteiger partial charge in [-0.25, -0.2) is 9.97 Å². The summed E-state index contributed by atoms with van der Waals surface area (Å²) < 4.78 is 0. The highest BCUT2D eigenvalue weighted by Crippen LogP contribution is 2.23. The number of anilines is 1. The summed E-state index contributed by atoms with van der Waals surface area (Å²) in [4.78, 5) is 25.3. The SMILES string of the molecule is C[C@H]1CCCC[C@H]1NC(=O)CN1CCN(c2ncccn2)CC1. The van der Waals surface area contributed by atoms with Crippen LogP contribution < -0.4 is 10.2 Å². The topological polar surface area (TPSA) is 61.4 Å². The van der Waals surface area contributed by atoms with Crippen LogP contribution in [0.3, 0.4) is 0 Å². The maximum Gasteiger partial charge on any atom is 0.234 e. The molecule has 1 aliphatic carbocycles. The van der Waals surface area contributed by atoms with Crippen LogP contribution in [0.4, 0.5) is 5.95 Å². The number of amides is 1. The summed E-state index contributed by atoms with van der Waals surface area (Å²) in [5, 5.41) is 3.24. The van der Waals surface area contributed by atoms with Crippen molar-refractivity contribution >= 4 is 11.9 Å². The number of nitrogens with one attached hydrogen (secondary N) is 1. The lowest BCUT2D eigenvalue weighted by Crippen LogP contribution is -2.51. The van der Waals surface area contributed by atoms with Crippen LogP contribution in [0.25, 0.3) is 0 Å². The lowest BCUT2D eigenvalue weighted by molar-refractivity contribution is -0.123. The van der Waals surface area contributed by atoms with Crippen molar-refractivity contribution in [2.45, 2.75) is 38.6 Å². The average molecular weight is 317 g/mol. The summed E-state index contributed by atoms with van der Waals surface area (Å²) in [6.45, 7) is 6.27. The van der Waals surface area contributed by atoms with Crippen LogP contribution >= 0.6 is 0 Å². The second kappa shape index (κ2) is 7.73. The third-order valence-electron chi connectivity index (χ3n) is 5.03. The number of rotatable bonds is 4. The van der Waals surface area contributed by atoms with E-state index in [0.29, 0.717) is 18.5 Å². The first kappa shape index (κ1) is 16.2. The summed E-state index contributed by atoms with van der Waals surface area (Å²) in [6, 6.07) is 2.20. The molecule has 0 unspecified atom stereocenters. The van der Waals surface area contributed by atoms with Gasteiger partial charge >= 0.3 is 0 Å². The molecule has 2 fully saturated rings. The molecule has 1 aromatic heterocycles. The smallest absolute Gasteiger partial charge is 0.234 e. The molecular formula is C17H27N5O. The maximum atomic E-state index is 12.3. The first-order valence-electron chi connectivity index (χ1n) is 8.76. The Kier molecular flexibility index (Phi) is 5.43. The van der Waals surface area contributed by atoms with Crippen LogP contribution in [0.5, 0.6) is 0 Å². The third-order valence-corrected chi connectivity index (χ3v) is 5.03. The fourth-order valence-corrected chi connectivity index (χ4v) is 3.55. The molecule has 2 heterocycles. The van der Waals surface area contributed by atoms with Gasteiger partial charge in [-0.2, -0.15) is 0 Å². The number of hydrogen-bond donors (Lipinski definition) is 1. The normalized spacial score (nSPS) is 26.0. The van der Waals surface area contributed by atoms with E-state index in [-0.39, 0.29) is 5.91 Å². The fourth-order valence-electron chi connectivity index (χ4n) is 3.55. The molecule has 6 nitrogen and oxygen atoms in total. The minimum absolute atomic E-state index is 0.174. The molecular weight excluding hydrogens is 290 g/mol. The number of carbonyl (C=O) groups excluding carboxylic acids is 1. The lowest BCUT2D eigenvalue weighted by atomic mass is 9.86. The van der Waals surface area contributed by atoms with Gasteiger partial charge in [0.05, 0.1) is 6.54 Å². The van der Waals surface area contributed by atoms with Gasteiger partial charge in [0.2, 0.25) is 11.9 Å². The maximum absolute atomic E-state index is 12.3. The second-order valence-corrected chi connectivity index (χ2v) is 6.75. The second-order valence-electron chi connectivity index (χ2n) is 6.75. The van der Waals surface area contributed by atoms with E-state index in [9.17, 15) is 4.79 Å². The Hall–Kier alpha value is -1.69. The Morgan fingerprint density at radius 3 is 2.57 bits per heavy atom. The molecule has 0 radical (unpaired) electrons. The number of hydrogen-bond acceptors (Lipinski definition) is 5. The van der Waals surface area contributed by atoms with E-state index in [2.05, 4.69) is 32.0 Å². The molecule has 0 spiro atoms. The summed E-state index contributed by atoms with van der Waals surface area (Å²) >= 11 is 0. The molecule has 1 aromatic rings. The van der Waals surface area contributed by atoms with Crippen molar-refractivity contribution in [3.63, 3.8) is 0 Å². The molecule has 1 saturated heterocycles. The molecule has 0 bridgehead atoms. The molecule has 1 N–H and O–H groups in total. The minimum atomic E-state index is 0.174. The van der Waals surface area contributed by atoms with E-state index in [0.717, 1.165) is 38.5 Å². The monoisotopic (exact) mass is 317 g/mol. The highest BCUT2D eigenvalue weighted by molar-refractivity contribution is 5.78. The van der Waals surface area contributed by atoms with Gasteiger partial charge in [0.1, 0.15) is 0 Å². The van der Waals surface area contributed by atoms with E-state index < -0.39 is 0 Å². The van der Waals surface area contributed by atoms with Gasteiger partial charge < -0.3 is 10.2 Å². The van der Waals surface area contributed by atoms with E-state index in [1.165, 1.54) is 19.3 Å². The zero-order chi connectivity index (χ0) is 16.1. The standard InChI is InChI=1S/C17H27N5O/c1-14-5-2-3-6-15(14)20-16(23)13-21-9-11-22(12-10-21)17-18-7-4-8-19-17/h4,7-8,14-15H,2-3,5-6,9-13H2,1H3,(H,20,23)/t14-,15+/m0/s1. The largest absolute Gasteiger partial charge is 0.352 e. The number of piperazine rings is 1. The van der Waals surface area contributed by atoms with Crippen LogP contribution in [-0.2, 0) is 4.79 Å². The summed E-state index contributed by atoms with van der Waals surface area (Å²) in [5.41, 5.74) is 0. The third kappa shape index (κ3) is 4.41. The van der Waals surface area contributed by atoms with Gasteiger partial charge in [0.15, 0.2) is 0 Å². The van der Waals surface area contributed by atoms with Crippen molar-refractivity contribution in [2.24, 2.45) is 5.92 Å². The molecule has 3 rings (SSSR count). The van der Waals surface area contributed by atoms with E-state index in [1.807, 2.05) is 6.07 Å². The van der Waals surface area contributed by atoms with Crippen LogP contribution in [0, 0.1) is 5.92 Å². The van der Waals surface area contributed by atoms with Crippen molar-refractivity contribution in [3.8, 4) is 0 Å². The predicted molar refractivity (Wildman–Crippen MR) is 90.2 cm³/mol. The predicted octanol–water partition coefficient (Wildman–Crippen LogP) is 1.29. The van der Waals surface area contributed by atoms with Crippen LogP contribution in [-0.4, -0.2) is 59.5 Å². The number of nitrogens with zero attached hydrogens (tertiary/aromatic N) is 4. The molecule has 0 aromatic carbocycles. The first-order valence-corrected chi connectivity index (χ1v) is 8.76. The van der Waals surface area contributed by atoms with Crippen molar-refractivity contribution in [1.82, 2.24) is 20.2 Å². The highest BCUT2D eigenvalue weighted by Gasteiger charge is 2.25. The Morgan fingerprint density at radius 2 is 1.87 bits per heavy atom. The van der Waals surface area contributed by atoms with Crippen molar-refractivity contribution < 1.29 is 4.79 Å². The Bertz CT molecular complexity index is 501. The van der Waals surface area contributed by atoms with Gasteiger partial charge in [-0.15, -0.1) is 0 Å². The molecule has 23 heavy (non-hydrogen) atoms. The average Bonchev–Trinajstić information content (AvgIpc) is 2.58. The quantitative estimate of drug-likeness (QED) is 0.907. The zero-order valence-corrected chi connectivity index (χ0v) is 13.9. The summed E-state index contributed by atoms with van der Waals surface area (Å²) in [6.07, 6.45) is 8.45. The molecule has 2 aliphatic rings. The molecule has 1 amide bonds. The number of aromatic nitrogens is 2.